The molecule has 0 atom stereocenters. The molecule has 0 saturated carbocycles. The minimum absolute atomic E-state index is 0.0517. The molecule has 0 spiro atoms. The third-order valence-electron chi connectivity index (χ3n) is 4.24. The summed E-state index contributed by atoms with van der Waals surface area (Å²) in [6.07, 6.45) is 8.41. The molecule has 1 amide bonds. The van der Waals surface area contributed by atoms with Gasteiger partial charge in [0.25, 0.3) is 5.91 Å². The van der Waals surface area contributed by atoms with Crippen molar-refractivity contribution in [2.75, 3.05) is 11.9 Å². The molecule has 1 N–H and O–H groups in total. The van der Waals surface area contributed by atoms with Gasteiger partial charge in [0.1, 0.15) is 16.6 Å². The Labute approximate surface area is 161 Å². The van der Waals surface area contributed by atoms with Gasteiger partial charge in [0.2, 0.25) is 0 Å². The van der Waals surface area contributed by atoms with Crippen LogP contribution in [0.25, 0.3) is 6.08 Å². The molecule has 6 nitrogen and oxygen atoms in total. The van der Waals surface area contributed by atoms with Crippen LogP contribution in [-0.2, 0) is 22.4 Å². The summed E-state index contributed by atoms with van der Waals surface area (Å²) in [5, 5.41) is 12.6. The summed E-state index contributed by atoms with van der Waals surface area (Å²) in [4.78, 5) is 30.2. The number of carbonyl (C=O) groups is 2. The fraction of sp³-hybridized carbons (Fsp3) is 0.300. The lowest BCUT2D eigenvalue weighted by Crippen LogP contribution is -2.16. The Morgan fingerprint density at radius 2 is 2.22 bits per heavy atom. The highest BCUT2D eigenvalue weighted by Gasteiger charge is 2.27. The lowest BCUT2D eigenvalue weighted by Gasteiger charge is -2.12. The van der Waals surface area contributed by atoms with Crippen LogP contribution in [0, 0.1) is 11.3 Å². The number of aryl methyl sites for hydroxylation is 1. The molecule has 2 heterocycles. The van der Waals surface area contributed by atoms with Gasteiger partial charge in [0.15, 0.2) is 0 Å². The third-order valence-corrected chi connectivity index (χ3v) is 5.45. The van der Waals surface area contributed by atoms with Crippen LogP contribution in [0.2, 0.25) is 0 Å². The summed E-state index contributed by atoms with van der Waals surface area (Å²) in [5.41, 5.74) is 2.00. The van der Waals surface area contributed by atoms with E-state index < -0.39 is 11.9 Å². The van der Waals surface area contributed by atoms with Gasteiger partial charge in [0, 0.05) is 17.3 Å². The van der Waals surface area contributed by atoms with E-state index >= 15 is 0 Å². The number of aromatic nitrogens is 1. The molecule has 0 aromatic carbocycles. The largest absolute Gasteiger partial charge is 0.462 e. The fourth-order valence-corrected chi connectivity index (χ4v) is 4.29. The van der Waals surface area contributed by atoms with Gasteiger partial charge in [-0.25, -0.2) is 4.79 Å². The molecule has 0 bridgehead atoms. The van der Waals surface area contributed by atoms with Crippen LogP contribution in [0.5, 0.6) is 0 Å². The predicted octanol–water partition coefficient (Wildman–Crippen LogP) is 3.74. The highest BCUT2D eigenvalue weighted by molar-refractivity contribution is 7.17. The van der Waals surface area contributed by atoms with Crippen LogP contribution in [0.4, 0.5) is 5.00 Å². The molecule has 2 aromatic rings. The molecule has 1 aliphatic carbocycles. The summed E-state index contributed by atoms with van der Waals surface area (Å²) in [6, 6.07) is 5.40. The van der Waals surface area contributed by atoms with E-state index in [9.17, 15) is 14.9 Å². The van der Waals surface area contributed by atoms with Gasteiger partial charge in [-0.15, -0.1) is 11.3 Å². The Morgan fingerprint density at radius 1 is 1.41 bits per heavy atom. The quantitative estimate of drug-likeness (QED) is 0.484. The Morgan fingerprint density at radius 3 is 2.93 bits per heavy atom. The van der Waals surface area contributed by atoms with Crippen molar-refractivity contribution in [1.82, 2.24) is 4.98 Å². The topological polar surface area (TPSA) is 92.1 Å². The number of ether oxygens (including phenoxy) is 1. The first-order chi connectivity index (χ1) is 13.1. The van der Waals surface area contributed by atoms with Gasteiger partial charge in [-0.1, -0.05) is 6.07 Å². The molecule has 0 fully saturated rings. The van der Waals surface area contributed by atoms with Crippen LogP contribution >= 0.6 is 11.3 Å². The van der Waals surface area contributed by atoms with E-state index in [1.165, 1.54) is 17.4 Å². The number of rotatable bonds is 5. The summed E-state index contributed by atoms with van der Waals surface area (Å²) in [5.74, 6) is -0.979. The van der Waals surface area contributed by atoms with Crippen molar-refractivity contribution in [2.24, 2.45) is 0 Å². The van der Waals surface area contributed by atoms with Crippen LogP contribution in [0.3, 0.4) is 0 Å². The second-order valence-electron chi connectivity index (χ2n) is 6.05. The molecule has 7 heteroatoms. The molecule has 0 aliphatic heterocycles. The van der Waals surface area contributed by atoms with Gasteiger partial charge >= 0.3 is 5.97 Å². The standard InChI is InChI=1S/C20H19N3O3S/c1-2-26-20(25)17-15-7-3-4-8-16(15)27-19(17)23-18(24)14(11-21)10-13-6-5-9-22-12-13/h5-6,9-10,12H,2-4,7-8H2,1H3,(H,23,24). The zero-order valence-electron chi connectivity index (χ0n) is 14.9. The zero-order valence-corrected chi connectivity index (χ0v) is 15.8. The molecule has 1 aliphatic rings. The minimum atomic E-state index is -0.550. The van der Waals surface area contributed by atoms with Crippen LogP contribution < -0.4 is 5.32 Å². The third kappa shape index (κ3) is 4.23. The van der Waals surface area contributed by atoms with Gasteiger partial charge in [0.05, 0.1) is 12.2 Å². The fourth-order valence-electron chi connectivity index (χ4n) is 3.02. The maximum absolute atomic E-state index is 12.6. The molecule has 3 rings (SSSR count). The van der Waals surface area contributed by atoms with Gasteiger partial charge in [-0.2, -0.15) is 5.26 Å². The maximum atomic E-state index is 12.6. The number of carbonyl (C=O) groups excluding carboxylic acids is 2. The van der Waals surface area contributed by atoms with E-state index in [4.69, 9.17) is 4.74 Å². The van der Waals surface area contributed by atoms with E-state index in [1.54, 1.807) is 31.5 Å². The lowest BCUT2D eigenvalue weighted by molar-refractivity contribution is -0.112. The van der Waals surface area contributed by atoms with Gasteiger partial charge in [-0.3, -0.25) is 9.78 Å². The molecule has 27 heavy (non-hydrogen) atoms. The number of hydrogen-bond donors (Lipinski definition) is 1. The van der Waals surface area contributed by atoms with Gasteiger partial charge < -0.3 is 10.1 Å². The summed E-state index contributed by atoms with van der Waals surface area (Å²) < 4.78 is 5.19. The SMILES string of the molecule is CCOC(=O)c1c(NC(=O)C(C#N)=Cc2cccnc2)sc2c1CCCC2. The minimum Gasteiger partial charge on any atom is -0.462 e. The van der Waals surface area contributed by atoms with Crippen molar-refractivity contribution in [1.29, 1.82) is 5.26 Å². The number of amides is 1. The van der Waals surface area contributed by atoms with Crippen molar-refractivity contribution in [3.05, 3.63) is 51.7 Å². The first-order valence-corrected chi connectivity index (χ1v) is 9.60. The highest BCUT2D eigenvalue weighted by atomic mass is 32.1. The summed E-state index contributed by atoms with van der Waals surface area (Å²) >= 11 is 1.40. The van der Waals surface area contributed by atoms with Crippen molar-refractivity contribution >= 4 is 34.3 Å². The normalized spacial score (nSPS) is 13.4. The number of anilines is 1. The molecule has 138 valence electrons. The number of hydrogen-bond acceptors (Lipinski definition) is 6. The number of thiophene rings is 1. The molecular weight excluding hydrogens is 362 g/mol. The van der Waals surface area contributed by atoms with Crippen molar-refractivity contribution in [2.45, 2.75) is 32.6 Å². The van der Waals surface area contributed by atoms with Crippen molar-refractivity contribution < 1.29 is 14.3 Å². The zero-order chi connectivity index (χ0) is 19.2. The number of esters is 1. The number of fused-ring (bicyclic) bond motifs is 1. The Hall–Kier alpha value is -2.98. The first-order valence-electron chi connectivity index (χ1n) is 8.78. The second-order valence-corrected chi connectivity index (χ2v) is 7.15. The second kappa shape index (κ2) is 8.60. The Balaban J connectivity index is 1.91. The smallest absolute Gasteiger partial charge is 0.341 e. The number of nitriles is 1. The van der Waals surface area contributed by atoms with E-state index in [-0.39, 0.29) is 12.2 Å². The average Bonchev–Trinajstić information content (AvgIpc) is 3.04. The molecule has 0 unspecified atom stereocenters. The Kier molecular flexibility index (Phi) is 5.99. The predicted molar refractivity (Wildman–Crippen MR) is 103 cm³/mol. The molecule has 0 radical (unpaired) electrons. The van der Waals surface area contributed by atoms with Crippen LogP contribution in [0.15, 0.2) is 30.1 Å². The van der Waals surface area contributed by atoms with E-state index in [1.807, 2.05) is 6.07 Å². The van der Waals surface area contributed by atoms with Gasteiger partial charge in [-0.05, 0) is 55.9 Å². The molecule has 0 saturated heterocycles. The van der Waals surface area contributed by atoms with E-state index in [2.05, 4.69) is 10.3 Å². The number of nitrogens with zero attached hydrogens (tertiary/aromatic N) is 2. The monoisotopic (exact) mass is 381 g/mol. The summed E-state index contributed by atoms with van der Waals surface area (Å²) in [6.45, 7) is 2.01. The maximum Gasteiger partial charge on any atom is 0.341 e. The lowest BCUT2D eigenvalue weighted by atomic mass is 9.95. The van der Waals surface area contributed by atoms with E-state index in [0.29, 0.717) is 16.1 Å². The average molecular weight is 381 g/mol. The number of pyridine rings is 1. The van der Waals surface area contributed by atoms with E-state index in [0.717, 1.165) is 36.1 Å². The molecular formula is C20H19N3O3S. The Bertz CT molecular complexity index is 926. The van der Waals surface area contributed by atoms with Crippen molar-refractivity contribution in [3.63, 3.8) is 0 Å². The molecule has 2 aromatic heterocycles. The highest BCUT2D eigenvalue weighted by Crippen LogP contribution is 2.38. The summed E-state index contributed by atoms with van der Waals surface area (Å²) in [7, 11) is 0. The first kappa shape index (κ1) is 18.8. The number of nitrogens with one attached hydrogen (secondary N) is 1. The van der Waals surface area contributed by atoms with Crippen LogP contribution in [-0.4, -0.2) is 23.5 Å². The van der Waals surface area contributed by atoms with Crippen molar-refractivity contribution in [3.8, 4) is 6.07 Å². The van der Waals surface area contributed by atoms with Crippen LogP contribution in [0.1, 0.15) is 46.1 Å².